The molecule has 210 valence electrons. The number of thiazole rings is 1. The van der Waals surface area contributed by atoms with Crippen molar-refractivity contribution in [1.82, 2.24) is 15.3 Å². The Labute approximate surface area is 230 Å². The first-order chi connectivity index (χ1) is 19.3. The Hall–Kier alpha value is -4.04. The van der Waals surface area contributed by atoms with Crippen molar-refractivity contribution >= 4 is 35.0 Å². The largest absolute Gasteiger partial charge is 0.465 e. The number of benzene rings is 1. The fraction of sp³-hybridized carbons (Fsp3) is 0.346. The molecule has 5 rings (SSSR count). The lowest BCUT2D eigenvalue weighted by Crippen LogP contribution is -2.53. The molecule has 1 fully saturated rings. The van der Waals surface area contributed by atoms with Gasteiger partial charge in [0.2, 0.25) is 0 Å². The second-order valence-corrected chi connectivity index (χ2v) is 10.1. The normalized spacial score (nSPS) is 22.1. The van der Waals surface area contributed by atoms with Gasteiger partial charge in [0, 0.05) is 16.9 Å². The molecule has 3 aromatic rings. The molecule has 0 bridgehead atoms. The number of rotatable bonds is 7. The van der Waals surface area contributed by atoms with Crippen LogP contribution in [0.15, 0.2) is 53.0 Å². The number of carbonyl (C=O) groups excluding carboxylic acids is 2. The average molecular weight is 576 g/mol. The Morgan fingerprint density at radius 3 is 2.75 bits per heavy atom. The van der Waals surface area contributed by atoms with Gasteiger partial charge in [-0.05, 0) is 37.1 Å². The number of carbonyl (C=O) groups is 2. The Balaban J connectivity index is 1.38. The third-order valence-corrected chi connectivity index (χ3v) is 7.53. The standard InChI is InChI=1S/C26H24F3N5O5S/c1-14-7-18(39-24(28)29)10-30-20(14)22(36)31-19-12-40-23(32-19)26-13-38-17(9-27)8-16(26)11-37-25(34-26)33-21(35)15-5-3-2-4-6-15/h2-7,10,12,16-17,24H,8-9,11,13H2,1H3,(H,31,36)(H,33,34,35)/t16-,17+,26-/m0/s1. The van der Waals surface area contributed by atoms with Crippen molar-refractivity contribution in [2.45, 2.75) is 31.6 Å². The number of halogens is 3. The average Bonchev–Trinajstić information content (AvgIpc) is 3.42. The quantitative estimate of drug-likeness (QED) is 0.435. The van der Waals surface area contributed by atoms with Gasteiger partial charge in [-0.25, -0.2) is 19.4 Å². The molecule has 0 unspecified atom stereocenters. The molecule has 2 aliphatic heterocycles. The summed E-state index contributed by atoms with van der Waals surface area (Å²) in [4.78, 5) is 38.8. The highest BCUT2D eigenvalue weighted by Gasteiger charge is 2.51. The SMILES string of the molecule is Cc1cc(OC(F)F)cnc1C(=O)Nc1csc([C@]23CO[C@@H](CF)C[C@H]2COC(NC(=O)c2ccccc2)=N3)n1. The van der Waals surface area contributed by atoms with Gasteiger partial charge in [-0.2, -0.15) is 8.78 Å². The van der Waals surface area contributed by atoms with Crippen LogP contribution in [0.25, 0.3) is 0 Å². The smallest absolute Gasteiger partial charge is 0.387 e. The number of aryl methyl sites for hydroxylation is 1. The summed E-state index contributed by atoms with van der Waals surface area (Å²) in [5.74, 6) is -1.28. The van der Waals surface area contributed by atoms with Gasteiger partial charge in [0.15, 0.2) is 0 Å². The highest BCUT2D eigenvalue weighted by Crippen LogP contribution is 2.45. The van der Waals surface area contributed by atoms with Crippen molar-refractivity contribution < 1.29 is 37.0 Å². The molecule has 10 nitrogen and oxygen atoms in total. The van der Waals surface area contributed by atoms with E-state index in [1.165, 1.54) is 17.4 Å². The van der Waals surface area contributed by atoms with Crippen molar-refractivity contribution in [1.29, 1.82) is 0 Å². The van der Waals surface area contributed by atoms with E-state index in [1.54, 1.807) is 42.6 Å². The molecule has 1 saturated heterocycles. The summed E-state index contributed by atoms with van der Waals surface area (Å²) in [6, 6.07) is 9.83. The number of pyridine rings is 1. The van der Waals surface area contributed by atoms with Crippen molar-refractivity contribution in [3.8, 4) is 5.75 Å². The number of amidine groups is 1. The Kier molecular flexibility index (Phi) is 7.98. The highest BCUT2D eigenvalue weighted by molar-refractivity contribution is 7.10. The summed E-state index contributed by atoms with van der Waals surface area (Å²) in [5, 5.41) is 7.41. The first-order valence-corrected chi connectivity index (χ1v) is 13.1. The summed E-state index contributed by atoms with van der Waals surface area (Å²) in [7, 11) is 0. The molecule has 1 aromatic carbocycles. The van der Waals surface area contributed by atoms with Crippen LogP contribution < -0.4 is 15.4 Å². The number of anilines is 1. The Bertz CT molecular complexity index is 1420. The number of amides is 2. The van der Waals surface area contributed by atoms with Crippen LogP contribution in [0.4, 0.5) is 19.0 Å². The zero-order valence-corrected chi connectivity index (χ0v) is 21.9. The maximum atomic E-state index is 13.5. The fourth-order valence-electron chi connectivity index (χ4n) is 4.54. The molecular weight excluding hydrogens is 551 g/mol. The molecule has 14 heteroatoms. The zero-order chi connectivity index (χ0) is 28.3. The number of hydrogen-bond acceptors (Lipinski definition) is 9. The minimum Gasteiger partial charge on any atom is -0.465 e. The van der Waals surface area contributed by atoms with Gasteiger partial charge in [-0.3, -0.25) is 14.9 Å². The van der Waals surface area contributed by atoms with Crippen molar-refractivity contribution in [2.75, 3.05) is 25.2 Å². The lowest BCUT2D eigenvalue weighted by atomic mass is 9.79. The molecule has 40 heavy (non-hydrogen) atoms. The number of ether oxygens (including phenoxy) is 3. The van der Waals surface area contributed by atoms with Crippen LogP contribution in [0, 0.1) is 12.8 Å². The van der Waals surface area contributed by atoms with Gasteiger partial charge in [-0.1, -0.05) is 18.2 Å². The van der Waals surface area contributed by atoms with E-state index in [1.807, 2.05) is 0 Å². The van der Waals surface area contributed by atoms with Crippen LogP contribution in [0.3, 0.4) is 0 Å². The summed E-state index contributed by atoms with van der Waals surface area (Å²) < 4.78 is 54.2. The van der Waals surface area contributed by atoms with Gasteiger partial charge >= 0.3 is 6.61 Å². The number of alkyl halides is 3. The number of nitrogens with one attached hydrogen (secondary N) is 2. The second-order valence-electron chi connectivity index (χ2n) is 9.20. The number of aliphatic imine (C=N–C) groups is 1. The van der Waals surface area contributed by atoms with Crippen molar-refractivity contribution in [2.24, 2.45) is 10.9 Å². The van der Waals surface area contributed by atoms with Gasteiger partial charge in [0.1, 0.15) is 34.5 Å². The van der Waals surface area contributed by atoms with Gasteiger partial charge in [0.25, 0.3) is 17.8 Å². The van der Waals surface area contributed by atoms with E-state index in [9.17, 15) is 22.8 Å². The fourth-order valence-corrected chi connectivity index (χ4v) is 5.50. The number of fused-ring (bicyclic) bond motifs is 1. The number of aromatic nitrogens is 2. The van der Waals surface area contributed by atoms with Gasteiger partial charge in [0.05, 0.1) is 25.5 Å². The summed E-state index contributed by atoms with van der Waals surface area (Å²) in [5.41, 5.74) is -0.330. The topological polar surface area (TPSA) is 124 Å². The van der Waals surface area contributed by atoms with Crippen LogP contribution in [-0.2, 0) is 15.0 Å². The van der Waals surface area contributed by atoms with Gasteiger partial charge in [-0.15, -0.1) is 11.3 Å². The van der Waals surface area contributed by atoms with Crippen molar-refractivity contribution in [3.05, 3.63) is 69.8 Å². The molecule has 0 aliphatic carbocycles. The maximum absolute atomic E-state index is 13.5. The first kappa shape index (κ1) is 27.5. The Morgan fingerprint density at radius 1 is 1.23 bits per heavy atom. The van der Waals surface area contributed by atoms with Crippen LogP contribution in [0.5, 0.6) is 5.75 Å². The molecule has 4 heterocycles. The van der Waals surface area contributed by atoms with E-state index in [4.69, 9.17) is 14.5 Å². The summed E-state index contributed by atoms with van der Waals surface area (Å²) in [6.07, 6.45) is 0.729. The second kappa shape index (κ2) is 11.6. The molecule has 2 N–H and O–H groups in total. The first-order valence-electron chi connectivity index (χ1n) is 12.2. The van der Waals surface area contributed by atoms with Crippen molar-refractivity contribution in [3.63, 3.8) is 0 Å². The lowest BCUT2D eigenvalue weighted by Gasteiger charge is -2.44. The third-order valence-electron chi connectivity index (χ3n) is 6.52. The number of hydrogen-bond donors (Lipinski definition) is 2. The molecule has 3 atom stereocenters. The molecule has 0 radical (unpaired) electrons. The summed E-state index contributed by atoms with van der Waals surface area (Å²) in [6.45, 7) is -2.00. The van der Waals surface area contributed by atoms with E-state index < -0.39 is 36.7 Å². The van der Waals surface area contributed by atoms with Crippen LogP contribution >= 0.6 is 11.3 Å². The van der Waals surface area contributed by atoms with Crippen LogP contribution in [0.1, 0.15) is 37.8 Å². The molecule has 2 aliphatic rings. The van der Waals surface area contributed by atoms with Gasteiger partial charge < -0.3 is 19.5 Å². The summed E-state index contributed by atoms with van der Waals surface area (Å²) >= 11 is 1.21. The monoisotopic (exact) mass is 575 g/mol. The molecule has 0 spiro atoms. The van der Waals surface area contributed by atoms with Crippen LogP contribution in [0.2, 0.25) is 0 Å². The van der Waals surface area contributed by atoms with E-state index in [0.717, 1.165) is 6.20 Å². The number of nitrogens with zero attached hydrogens (tertiary/aromatic N) is 3. The Morgan fingerprint density at radius 2 is 2.02 bits per heavy atom. The minimum absolute atomic E-state index is 0.00646. The minimum atomic E-state index is -3.01. The molecular formula is C26H24F3N5O5S. The zero-order valence-electron chi connectivity index (χ0n) is 21.1. The van der Waals surface area contributed by atoms with E-state index >= 15 is 0 Å². The highest BCUT2D eigenvalue weighted by atomic mass is 32.1. The molecule has 0 saturated carbocycles. The lowest BCUT2D eigenvalue weighted by molar-refractivity contribution is -0.0881. The third kappa shape index (κ3) is 5.77. The maximum Gasteiger partial charge on any atom is 0.387 e. The predicted octanol–water partition coefficient (Wildman–Crippen LogP) is 4.09. The molecule has 2 amide bonds. The van der Waals surface area contributed by atoms with E-state index in [0.29, 0.717) is 22.6 Å². The predicted molar refractivity (Wildman–Crippen MR) is 138 cm³/mol. The van der Waals surface area contributed by atoms with E-state index in [-0.39, 0.29) is 42.4 Å². The molecule has 2 aromatic heterocycles. The van der Waals surface area contributed by atoms with Crippen LogP contribution in [-0.4, -0.2) is 60.4 Å². The van der Waals surface area contributed by atoms with E-state index in [2.05, 4.69) is 25.3 Å².